The summed E-state index contributed by atoms with van der Waals surface area (Å²) in [7, 11) is -3.47. The Kier molecular flexibility index (Phi) is 5.74. The van der Waals surface area contributed by atoms with Crippen molar-refractivity contribution < 1.29 is 13.5 Å². The number of hydrogen-bond acceptors (Lipinski definition) is 5. The maximum Gasteiger partial charge on any atom is 0.193 e. The maximum atomic E-state index is 12.1. The van der Waals surface area contributed by atoms with Crippen molar-refractivity contribution in [1.82, 2.24) is 0 Å². The zero-order valence-electron chi connectivity index (χ0n) is 10.2. The first-order valence-corrected chi connectivity index (χ1v) is 7.44. The minimum Gasteiger partial charge on any atom is -0.395 e. The van der Waals surface area contributed by atoms with Gasteiger partial charge in [-0.15, -0.1) is 0 Å². The molecule has 1 aromatic rings. The lowest BCUT2D eigenvalue weighted by molar-refractivity contribution is 0.257. The first-order chi connectivity index (χ1) is 8.48. The van der Waals surface area contributed by atoms with Gasteiger partial charge < -0.3 is 16.6 Å². The van der Waals surface area contributed by atoms with Gasteiger partial charge in [0.15, 0.2) is 9.84 Å². The summed E-state index contributed by atoms with van der Waals surface area (Å²) in [6.45, 7) is -0.0966. The van der Waals surface area contributed by atoms with Crippen LogP contribution in [0.25, 0.3) is 0 Å². The Balaban J connectivity index is 2.58. The van der Waals surface area contributed by atoms with Crippen LogP contribution in [0.3, 0.4) is 0 Å². The molecule has 0 amide bonds. The van der Waals surface area contributed by atoms with Gasteiger partial charge in [0.2, 0.25) is 0 Å². The molecule has 5 N–H and O–H groups in total. The number of hydrogen-bond donors (Lipinski definition) is 3. The number of aliphatic hydroxyl groups is 1. The Morgan fingerprint density at radius 3 is 2.28 bits per heavy atom. The summed E-state index contributed by atoms with van der Waals surface area (Å²) >= 11 is 0. The highest BCUT2D eigenvalue weighted by molar-refractivity contribution is 7.92. The predicted molar refractivity (Wildman–Crippen MR) is 70.5 cm³/mol. The SMILES string of the molecule is NC(CCC[C@H](N)CO)S(=O)(=O)c1ccccc1. The molecule has 102 valence electrons. The van der Waals surface area contributed by atoms with Crippen LogP contribution in [0.1, 0.15) is 19.3 Å². The van der Waals surface area contributed by atoms with Crippen molar-refractivity contribution in [1.29, 1.82) is 0 Å². The molecule has 0 saturated heterocycles. The Hall–Kier alpha value is -0.950. The van der Waals surface area contributed by atoms with Gasteiger partial charge in [-0.1, -0.05) is 18.2 Å². The van der Waals surface area contributed by atoms with Gasteiger partial charge >= 0.3 is 0 Å². The second-order valence-corrected chi connectivity index (χ2v) is 6.44. The molecular weight excluding hydrogens is 252 g/mol. The molecule has 0 aliphatic heterocycles. The third-order valence-corrected chi connectivity index (χ3v) is 4.73. The third kappa shape index (κ3) is 4.06. The lowest BCUT2D eigenvalue weighted by Gasteiger charge is -2.14. The van der Waals surface area contributed by atoms with Gasteiger partial charge in [-0.2, -0.15) is 0 Å². The van der Waals surface area contributed by atoms with E-state index in [1.807, 2.05) is 0 Å². The summed E-state index contributed by atoms with van der Waals surface area (Å²) in [4.78, 5) is 0.240. The number of sulfone groups is 1. The minimum absolute atomic E-state index is 0.0966. The maximum absolute atomic E-state index is 12.1. The van der Waals surface area contributed by atoms with Crippen LogP contribution in [-0.2, 0) is 9.84 Å². The van der Waals surface area contributed by atoms with E-state index in [4.69, 9.17) is 16.6 Å². The Bertz CT molecular complexity index is 448. The van der Waals surface area contributed by atoms with Crippen LogP contribution in [0.5, 0.6) is 0 Å². The summed E-state index contributed by atoms with van der Waals surface area (Å²) in [5.41, 5.74) is 11.3. The van der Waals surface area contributed by atoms with Gasteiger partial charge in [-0.05, 0) is 31.4 Å². The quantitative estimate of drug-likeness (QED) is 0.659. The van der Waals surface area contributed by atoms with E-state index in [0.29, 0.717) is 19.3 Å². The van der Waals surface area contributed by atoms with Crippen molar-refractivity contribution in [3.05, 3.63) is 30.3 Å². The molecule has 1 rings (SSSR count). The summed E-state index contributed by atoms with van der Waals surface area (Å²) in [5, 5.41) is 7.84. The highest BCUT2D eigenvalue weighted by atomic mass is 32.2. The van der Waals surface area contributed by atoms with Crippen molar-refractivity contribution in [2.24, 2.45) is 11.5 Å². The van der Waals surface area contributed by atoms with Crippen molar-refractivity contribution >= 4 is 9.84 Å². The molecule has 0 saturated carbocycles. The number of rotatable bonds is 7. The predicted octanol–water partition coefficient (Wildman–Crippen LogP) is 0.235. The molecule has 6 heteroatoms. The lowest BCUT2D eigenvalue weighted by atomic mass is 10.1. The van der Waals surface area contributed by atoms with E-state index < -0.39 is 15.2 Å². The number of benzene rings is 1. The summed E-state index contributed by atoms with van der Waals surface area (Å²) in [5.74, 6) is 0. The molecule has 18 heavy (non-hydrogen) atoms. The molecule has 0 bridgehead atoms. The third-order valence-electron chi connectivity index (χ3n) is 2.77. The van der Waals surface area contributed by atoms with Crippen LogP contribution in [-0.4, -0.2) is 31.5 Å². The Morgan fingerprint density at radius 2 is 1.72 bits per heavy atom. The molecule has 5 nitrogen and oxygen atoms in total. The zero-order chi connectivity index (χ0) is 13.6. The van der Waals surface area contributed by atoms with Gasteiger partial charge in [0.05, 0.1) is 11.5 Å². The highest BCUT2D eigenvalue weighted by Gasteiger charge is 2.23. The van der Waals surface area contributed by atoms with Gasteiger partial charge in [-0.25, -0.2) is 8.42 Å². The van der Waals surface area contributed by atoms with E-state index in [1.54, 1.807) is 18.2 Å². The van der Waals surface area contributed by atoms with Crippen LogP contribution in [0.15, 0.2) is 35.2 Å². The monoisotopic (exact) mass is 272 g/mol. The second-order valence-electron chi connectivity index (χ2n) is 4.27. The largest absolute Gasteiger partial charge is 0.395 e. The molecule has 2 atom stereocenters. The van der Waals surface area contributed by atoms with Gasteiger partial charge in [0, 0.05) is 6.04 Å². The topological polar surface area (TPSA) is 106 Å². The van der Waals surface area contributed by atoms with E-state index in [1.165, 1.54) is 12.1 Å². The minimum atomic E-state index is -3.47. The summed E-state index contributed by atoms with van der Waals surface area (Å²) in [6.07, 6.45) is 1.48. The van der Waals surface area contributed by atoms with E-state index in [2.05, 4.69) is 0 Å². The highest BCUT2D eigenvalue weighted by Crippen LogP contribution is 2.16. The molecule has 0 aliphatic carbocycles. The van der Waals surface area contributed by atoms with Crippen LogP contribution >= 0.6 is 0 Å². The standard InChI is InChI=1S/C12H20N2O3S/c13-10(9-15)5-4-8-12(14)18(16,17)11-6-2-1-3-7-11/h1-3,6-7,10,12,15H,4-5,8-9,13-14H2/t10-,12?/m0/s1. The van der Waals surface area contributed by atoms with Gasteiger partial charge in [0.1, 0.15) is 5.37 Å². The van der Waals surface area contributed by atoms with Crippen LogP contribution < -0.4 is 11.5 Å². The zero-order valence-corrected chi connectivity index (χ0v) is 11.0. The number of nitrogens with two attached hydrogens (primary N) is 2. The van der Waals surface area contributed by atoms with Crippen LogP contribution in [0.2, 0.25) is 0 Å². The Morgan fingerprint density at radius 1 is 1.11 bits per heavy atom. The van der Waals surface area contributed by atoms with E-state index in [0.717, 1.165) is 0 Å². The van der Waals surface area contributed by atoms with E-state index >= 15 is 0 Å². The average molecular weight is 272 g/mol. The normalized spacial score (nSPS) is 15.3. The second kappa shape index (κ2) is 6.84. The fourth-order valence-electron chi connectivity index (χ4n) is 1.61. The fourth-order valence-corrected chi connectivity index (χ4v) is 2.98. The first-order valence-electron chi connectivity index (χ1n) is 5.89. The molecule has 0 spiro atoms. The molecule has 1 unspecified atom stereocenters. The summed E-state index contributed by atoms with van der Waals surface area (Å²) < 4.78 is 24.1. The molecule has 0 fully saturated rings. The van der Waals surface area contributed by atoms with Crippen molar-refractivity contribution in [2.75, 3.05) is 6.61 Å². The van der Waals surface area contributed by atoms with E-state index in [-0.39, 0.29) is 17.5 Å². The van der Waals surface area contributed by atoms with Crippen LogP contribution in [0.4, 0.5) is 0 Å². The summed E-state index contributed by atoms with van der Waals surface area (Å²) in [6, 6.07) is 7.85. The molecule has 0 aliphatic rings. The van der Waals surface area contributed by atoms with Crippen LogP contribution in [0, 0.1) is 0 Å². The smallest absolute Gasteiger partial charge is 0.193 e. The molecule has 0 radical (unpaired) electrons. The average Bonchev–Trinajstić information content (AvgIpc) is 2.39. The Labute approximate surface area is 108 Å². The fraction of sp³-hybridized carbons (Fsp3) is 0.500. The molecule has 0 aromatic heterocycles. The lowest BCUT2D eigenvalue weighted by Crippen LogP contribution is -2.31. The van der Waals surface area contributed by atoms with E-state index in [9.17, 15) is 8.42 Å². The van der Waals surface area contributed by atoms with Crippen molar-refractivity contribution in [3.63, 3.8) is 0 Å². The van der Waals surface area contributed by atoms with Crippen molar-refractivity contribution in [3.8, 4) is 0 Å². The molecular formula is C12H20N2O3S. The van der Waals surface area contributed by atoms with Gasteiger partial charge in [-0.3, -0.25) is 0 Å². The molecule has 0 heterocycles. The first kappa shape index (κ1) is 15.1. The number of aliphatic hydroxyl groups excluding tert-OH is 1. The molecule has 1 aromatic carbocycles. The van der Waals surface area contributed by atoms with Gasteiger partial charge in [0.25, 0.3) is 0 Å². The van der Waals surface area contributed by atoms with Crippen molar-refractivity contribution in [2.45, 2.75) is 35.6 Å².